The highest BCUT2D eigenvalue weighted by Crippen LogP contribution is 2.16. The highest BCUT2D eigenvalue weighted by Gasteiger charge is 2.22. The number of benzene rings is 1. The van der Waals surface area contributed by atoms with Gasteiger partial charge in [-0.1, -0.05) is 24.6 Å². The molecule has 1 saturated heterocycles. The number of esters is 1. The minimum Gasteiger partial charge on any atom is -0.469 e. The molecule has 0 aliphatic carbocycles. The van der Waals surface area contributed by atoms with E-state index in [1.165, 1.54) is 7.11 Å². The molecule has 0 bridgehead atoms. The molecule has 2 amide bonds. The molecule has 2 rings (SSSR count). The minimum absolute atomic E-state index is 0.267. The van der Waals surface area contributed by atoms with E-state index in [-0.39, 0.29) is 18.5 Å². The maximum absolute atomic E-state index is 12.7. The van der Waals surface area contributed by atoms with Gasteiger partial charge in [0.1, 0.15) is 0 Å². The van der Waals surface area contributed by atoms with Crippen LogP contribution in [0.2, 0.25) is 5.02 Å². The predicted molar refractivity (Wildman–Crippen MR) is 100 cm³/mol. The fourth-order valence-electron chi connectivity index (χ4n) is 2.74. The number of halogens is 1. The fourth-order valence-corrected chi connectivity index (χ4v) is 2.93. The largest absolute Gasteiger partial charge is 0.469 e. The van der Waals surface area contributed by atoms with Crippen molar-refractivity contribution in [1.29, 1.82) is 0 Å². The number of hydrogen-bond acceptors (Lipinski definition) is 5. The first kappa shape index (κ1) is 20.5. The third kappa shape index (κ3) is 6.48. The summed E-state index contributed by atoms with van der Waals surface area (Å²) in [6.07, 6.45) is 0. The van der Waals surface area contributed by atoms with Crippen LogP contribution < -0.4 is 5.32 Å². The van der Waals surface area contributed by atoms with E-state index in [2.05, 4.69) is 10.2 Å². The van der Waals surface area contributed by atoms with Crippen molar-refractivity contribution in [1.82, 2.24) is 9.80 Å². The SMILES string of the molecule is COC(=O)C(C)CN(CCN1CCOCC1)C(=O)Nc1cccc(Cl)c1. The highest BCUT2D eigenvalue weighted by atomic mass is 35.5. The summed E-state index contributed by atoms with van der Waals surface area (Å²) in [6, 6.07) is 6.70. The lowest BCUT2D eigenvalue weighted by Gasteiger charge is -2.31. The van der Waals surface area contributed by atoms with Crippen molar-refractivity contribution in [3.63, 3.8) is 0 Å². The number of urea groups is 1. The number of ether oxygens (including phenoxy) is 2. The molecule has 1 atom stereocenters. The zero-order chi connectivity index (χ0) is 18.9. The summed E-state index contributed by atoms with van der Waals surface area (Å²) < 4.78 is 10.1. The number of methoxy groups -OCH3 is 1. The molecule has 1 aliphatic heterocycles. The topological polar surface area (TPSA) is 71.1 Å². The van der Waals surface area contributed by atoms with Gasteiger partial charge < -0.3 is 19.7 Å². The summed E-state index contributed by atoms with van der Waals surface area (Å²) in [5.74, 6) is -0.744. The standard InChI is InChI=1S/C18H26ClN3O4/c1-14(17(23)25-2)13-22(7-6-21-8-10-26-11-9-21)18(24)20-16-5-3-4-15(19)12-16/h3-5,12,14H,6-11,13H2,1-2H3,(H,20,24). The van der Waals surface area contributed by atoms with Gasteiger partial charge in [0.25, 0.3) is 0 Å². The summed E-state index contributed by atoms with van der Waals surface area (Å²) in [6.45, 7) is 6.35. The number of nitrogens with one attached hydrogen (secondary N) is 1. The monoisotopic (exact) mass is 383 g/mol. The van der Waals surface area contributed by atoms with Gasteiger partial charge in [-0.25, -0.2) is 4.79 Å². The predicted octanol–water partition coefficient (Wildman–Crippen LogP) is 2.32. The maximum Gasteiger partial charge on any atom is 0.321 e. The summed E-state index contributed by atoms with van der Waals surface area (Å²) in [7, 11) is 1.35. The van der Waals surface area contributed by atoms with Crippen molar-refractivity contribution >= 4 is 29.3 Å². The second-order valence-electron chi connectivity index (χ2n) is 6.26. The van der Waals surface area contributed by atoms with Crippen molar-refractivity contribution in [2.24, 2.45) is 5.92 Å². The zero-order valence-corrected chi connectivity index (χ0v) is 16.0. The maximum atomic E-state index is 12.7. The van der Waals surface area contributed by atoms with Crippen LogP contribution in [0.15, 0.2) is 24.3 Å². The smallest absolute Gasteiger partial charge is 0.321 e. The van der Waals surface area contributed by atoms with Crippen molar-refractivity contribution in [2.75, 3.05) is 58.4 Å². The Bertz CT molecular complexity index is 608. The molecule has 1 N–H and O–H groups in total. The molecule has 8 heteroatoms. The van der Waals surface area contributed by atoms with Crippen molar-refractivity contribution in [3.8, 4) is 0 Å². The average molecular weight is 384 g/mol. The third-order valence-electron chi connectivity index (χ3n) is 4.25. The van der Waals surface area contributed by atoms with E-state index >= 15 is 0 Å². The van der Waals surface area contributed by atoms with Crippen LogP contribution in [-0.4, -0.2) is 74.8 Å². The van der Waals surface area contributed by atoms with Gasteiger partial charge in [0.15, 0.2) is 0 Å². The van der Waals surface area contributed by atoms with Crippen molar-refractivity contribution in [3.05, 3.63) is 29.3 Å². The summed E-state index contributed by atoms with van der Waals surface area (Å²) in [5, 5.41) is 3.39. The molecule has 1 aromatic carbocycles. The zero-order valence-electron chi connectivity index (χ0n) is 15.2. The van der Waals surface area contributed by atoms with Crippen LogP contribution in [-0.2, 0) is 14.3 Å². The van der Waals surface area contributed by atoms with Crippen LogP contribution in [0, 0.1) is 5.92 Å². The molecule has 1 aromatic rings. The number of rotatable bonds is 7. The molecule has 144 valence electrons. The van der Waals surface area contributed by atoms with E-state index in [4.69, 9.17) is 21.1 Å². The molecule has 1 unspecified atom stereocenters. The summed E-state index contributed by atoms with van der Waals surface area (Å²) in [4.78, 5) is 28.4. The Morgan fingerprint density at radius 2 is 2.12 bits per heavy atom. The number of carbonyl (C=O) groups is 2. The van der Waals surface area contributed by atoms with E-state index in [9.17, 15) is 9.59 Å². The van der Waals surface area contributed by atoms with E-state index in [1.54, 1.807) is 36.1 Å². The molecule has 26 heavy (non-hydrogen) atoms. The van der Waals surface area contributed by atoms with Crippen LogP contribution in [0.4, 0.5) is 10.5 Å². The average Bonchev–Trinajstić information content (AvgIpc) is 2.65. The van der Waals surface area contributed by atoms with Crippen LogP contribution in [0.1, 0.15) is 6.92 Å². The molecular formula is C18H26ClN3O4. The van der Waals surface area contributed by atoms with Crippen molar-refractivity contribution < 1.29 is 19.1 Å². The van der Waals surface area contributed by atoms with E-state index < -0.39 is 5.92 Å². The Balaban J connectivity index is 1.99. The van der Waals surface area contributed by atoms with Gasteiger partial charge in [0.2, 0.25) is 0 Å². The first-order valence-corrected chi connectivity index (χ1v) is 9.07. The number of amides is 2. The summed E-state index contributed by atoms with van der Waals surface area (Å²) in [5.41, 5.74) is 0.615. The summed E-state index contributed by atoms with van der Waals surface area (Å²) >= 11 is 5.97. The van der Waals surface area contributed by atoms with Crippen LogP contribution >= 0.6 is 11.6 Å². The van der Waals surface area contributed by atoms with Crippen LogP contribution in [0.25, 0.3) is 0 Å². The van der Waals surface area contributed by atoms with E-state index in [0.29, 0.717) is 30.5 Å². The number of carbonyl (C=O) groups excluding carboxylic acids is 2. The van der Waals surface area contributed by atoms with Crippen molar-refractivity contribution in [2.45, 2.75) is 6.92 Å². The van der Waals surface area contributed by atoms with Gasteiger partial charge in [-0.05, 0) is 18.2 Å². The van der Waals surface area contributed by atoms with Gasteiger partial charge in [-0.15, -0.1) is 0 Å². The fraction of sp³-hybridized carbons (Fsp3) is 0.556. The Labute approximate surface area is 159 Å². The molecule has 1 fully saturated rings. The molecule has 0 aromatic heterocycles. The molecule has 1 heterocycles. The van der Waals surface area contributed by atoms with Crippen LogP contribution in [0.5, 0.6) is 0 Å². The van der Waals surface area contributed by atoms with Gasteiger partial charge >= 0.3 is 12.0 Å². The van der Waals surface area contributed by atoms with E-state index in [1.807, 2.05) is 0 Å². The lowest BCUT2D eigenvalue weighted by Crippen LogP contribution is -2.46. The molecule has 0 saturated carbocycles. The highest BCUT2D eigenvalue weighted by molar-refractivity contribution is 6.30. The van der Waals surface area contributed by atoms with Gasteiger partial charge in [0, 0.05) is 43.4 Å². The Morgan fingerprint density at radius 1 is 1.38 bits per heavy atom. The van der Waals surface area contributed by atoms with Gasteiger partial charge in [-0.2, -0.15) is 0 Å². The van der Waals surface area contributed by atoms with Crippen LogP contribution in [0.3, 0.4) is 0 Å². The Kier molecular flexibility index (Phi) is 8.15. The number of anilines is 1. The minimum atomic E-state index is -0.408. The second-order valence-corrected chi connectivity index (χ2v) is 6.70. The molecule has 0 radical (unpaired) electrons. The Morgan fingerprint density at radius 3 is 2.77 bits per heavy atom. The third-order valence-corrected chi connectivity index (χ3v) is 4.49. The first-order valence-electron chi connectivity index (χ1n) is 8.69. The quantitative estimate of drug-likeness (QED) is 0.731. The number of nitrogens with zero attached hydrogens (tertiary/aromatic N) is 2. The number of hydrogen-bond donors (Lipinski definition) is 1. The molecule has 0 spiro atoms. The first-order chi connectivity index (χ1) is 12.5. The lowest BCUT2D eigenvalue weighted by atomic mass is 10.1. The molecule has 7 nitrogen and oxygen atoms in total. The lowest BCUT2D eigenvalue weighted by molar-refractivity contribution is -0.145. The van der Waals surface area contributed by atoms with E-state index in [0.717, 1.165) is 19.6 Å². The second kappa shape index (κ2) is 10.4. The van der Waals surface area contributed by atoms with Gasteiger partial charge in [-0.3, -0.25) is 9.69 Å². The van der Waals surface area contributed by atoms with Gasteiger partial charge in [0.05, 0.1) is 26.2 Å². The molecular weight excluding hydrogens is 358 g/mol. The molecule has 1 aliphatic rings. The Hall–Kier alpha value is -1.83. The normalized spacial score (nSPS) is 16.0. The number of morpholine rings is 1.